The third-order valence-corrected chi connectivity index (χ3v) is 7.63. The molecule has 0 radical (unpaired) electrons. The number of aryl methyl sites for hydroxylation is 3. The molecular weight excluding hydrogens is 396 g/mol. The van der Waals surface area contributed by atoms with E-state index in [1.807, 2.05) is 6.07 Å². The maximum absolute atomic E-state index is 12.3. The quantitative estimate of drug-likeness (QED) is 0.574. The van der Waals surface area contributed by atoms with Gasteiger partial charge in [-0.3, -0.25) is 9.59 Å². The minimum atomic E-state index is -0.535. The zero-order chi connectivity index (χ0) is 19.7. The second-order valence-electron chi connectivity index (χ2n) is 7.17. The first kappa shape index (κ1) is 19.1. The molecule has 3 N–H and O–H groups in total. The van der Waals surface area contributed by atoms with Crippen LogP contribution in [0.5, 0.6) is 0 Å². The Kier molecular flexibility index (Phi) is 5.50. The van der Waals surface area contributed by atoms with Crippen molar-refractivity contribution in [1.82, 2.24) is 0 Å². The van der Waals surface area contributed by atoms with E-state index >= 15 is 0 Å². The van der Waals surface area contributed by atoms with Gasteiger partial charge in [0.25, 0.3) is 11.8 Å². The van der Waals surface area contributed by atoms with Crippen LogP contribution in [0.4, 0.5) is 5.00 Å². The molecule has 0 atom stereocenters. The van der Waals surface area contributed by atoms with E-state index in [0.29, 0.717) is 15.4 Å². The van der Waals surface area contributed by atoms with Crippen molar-refractivity contribution >= 4 is 45.5 Å². The molecule has 28 heavy (non-hydrogen) atoms. The first-order chi connectivity index (χ1) is 13.5. The predicted octanol–water partition coefficient (Wildman–Crippen LogP) is 3.46. The molecule has 2 aromatic rings. The van der Waals surface area contributed by atoms with E-state index in [1.165, 1.54) is 39.5 Å². The minimum absolute atomic E-state index is 0.387. The van der Waals surface area contributed by atoms with Crippen LogP contribution in [0.1, 0.15) is 66.6 Å². The number of ether oxygens (including phenoxy) is 1. The number of thiophene rings is 2. The van der Waals surface area contributed by atoms with E-state index in [9.17, 15) is 14.4 Å². The van der Waals surface area contributed by atoms with E-state index in [1.54, 1.807) is 0 Å². The molecule has 0 saturated carbocycles. The summed E-state index contributed by atoms with van der Waals surface area (Å²) in [5, 5.41) is 3.15. The Morgan fingerprint density at radius 2 is 1.79 bits per heavy atom. The molecule has 0 bridgehead atoms. The number of fused-ring (bicyclic) bond motifs is 2. The van der Waals surface area contributed by atoms with Crippen LogP contribution in [0.25, 0.3) is 0 Å². The van der Waals surface area contributed by atoms with E-state index in [4.69, 9.17) is 10.5 Å². The number of esters is 1. The average Bonchev–Trinajstić information content (AvgIpc) is 3.30. The van der Waals surface area contributed by atoms with Gasteiger partial charge in [-0.1, -0.05) is 6.42 Å². The Labute approximate surface area is 171 Å². The molecule has 0 aliphatic heterocycles. The van der Waals surface area contributed by atoms with Crippen molar-refractivity contribution in [2.75, 3.05) is 11.9 Å². The smallest absolute Gasteiger partial charge is 0.348 e. The summed E-state index contributed by atoms with van der Waals surface area (Å²) >= 11 is 2.85. The van der Waals surface area contributed by atoms with Crippen molar-refractivity contribution in [1.29, 1.82) is 0 Å². The monoisotopic (exact) mass is 418 g/mol. The average molecular weight is 419 g/mol. The molecule has 2 aliphatic carbocycles. The highest BCUT2D eigenvalue weighted by molar-refractivity contribution is 7.17. The van der Waals surface area contributed by atoms with Crippen molar-refractivity contribution in [3.63, 3.8) is 0 Å². The predicted molar refractivity (Wildman–Crippen MR) is 109 cm³/mol. The van der Waals surface area contributed by atoms with Gasteiger partial charge in [-0.2, -0.15) is 0 Å². The van der Waals surface area contributed by atoms with Gasteiger partial charge in [-0.15, -0.1) is 22.7 Å². The number of carbonyl (C=O) groups is 3. The van der Waals surface area contributed by atoms with E-state index < -0.39 is 17.8 Å². The molecule has 4 rings (SSSR count). The van der Waals surface area contributed by atoms with Crippen molar-refractivity contribution < 1.29 is 19.1 Å². The Bertz CT molecular complexity index is 921. The van der Waals surface area contributed by atoms with Crippen LogP contribution in [0.15, 0.2) is 6.07 Å². The molecule has 6 nitrogen and oxygen atoms in total. The lowest BCUT2D eigenvalue weighted by Gasteiger charge is -2.06. The number of hydrogen-bond donors (Lipinski definition) is 2. The molecule has 2 heterocycles. The molecule has 0 aromatic carbocycles. The number of primary amides is 1. The van der Waals surface area contributed by atoms with Gasteiger partial charge >= 0.3 is 5.97 Å². The van der Waals surface area contributed by atoms with Crippen LogP contribution in [0.3, 0.4) is 0 Å². The highest BCUT2D eigenvalue weighted by Gasteiger charge is 2.26. The molecule has 0 fully saturated rings. The van der Waals surface area contributed by atoms with E-state index in [-0.39, 0.29) is 6.61 Å². The van der Waals surface area contributed by atoms with Crippen LogP contribution in [0, 0.1) is 0 Å². The number of rotatable bonds is 5. The van der Waals surface area contributed by atoms with Crippen LogP contribution in [0.2, 0.25) is 0 Å². The SMILES string of the molecule is NC(=O)c1c(NC(=O)COC(=O)c2cc3c(s2)CCCCC3)sc2c1CCC2. The standard InChI is InChI=1S/C20H22N2O4S2/c21-18(24)17-12-6-4-8-14(12)28-19(17)22-16(23)10-26-20(25)15-9-11-5-2-1-3-7-13(11)27-15/h9H,1-8,10H2,(H2,21,24)(H,22,23). The topological polar surface area (TPSA) is 98.5 Å². The molecular formula is C20H22N2O4S2. The van der Waals surface area contributed by atoms with Gasteiger partial charge in [0, 0.05) is 9.75 Å². The van der Waals surface area contributed by atoms with Gasteiger partial charge in [-0.25, -0.2) is 4.79 Å². The van der Waals surface area contributed by atoms with Gasteiger partial charge in [0.15, 0.2) is 6.61 Å². The molecule has 2 amide bonds. The number of nitrogens with one attached hydrogen (secondary N) is 1. The zero-order valence-corrected chi connectivity index (χ0v) is 17.1. The lowest BCUT2D eigenvalue weighted by molar-refractivity contribution is -0.119. The number of amides is 2. The van der Waals surface area contributed by atoms with Gasteiger partial charge in [0.1, 0.15) is 9.88 Å². The Morgan fingerprint density at radius 1 is 1.00 bits per heavy atom. The van der Waals surface area contributed by atoms with E-state index in [0.717, 1.165) is 55.4 Å². The molecule has 2 aliphatic rings. The minimum Gasteiger partial charge on any atom is -0.451 e. The summed E-state index contributed by atoms with van der Waals surface area (Å²) in [5.74, 6) is -1.47. The summed E-state index contributed by atoms with van der Waals surface area (Å²) in [6.45, 7) is -0.387. The third-order valence-electron chi connectivity index (χ3n) is 5.20. The maximum atomic E-state index is 12.3. The lowest BCUT2D eigenvalue weighted by Crippen LogP contribution is -2.22. The first-order valence-corrected chi connectivity index (χ1v) is 11.2. The molecule has 8 heteroatoms. The summed E-state index contributed by atoms with van der Waals surface area (Å²) < 4.78 is 5.20. The van der Waals surface area contributed by atoms with Crippen LogP contribution in [-0.4, -0.2) is 24.4 Å². The zero-order valence-electron chi connectivity index (χ0n) is 15.5. The van der Waals surface area contributed by atoms with Crippen molar-refractivity contribution in [2.45, 2.75) is 51.4 Å². The second-order valence-corrected chi connectivity index (χ2v) is 9.41. The highest BCUT2D eigenvalue weighted by atomic mass is 32.1. The Hall–Kier alpha value is -2.19. The van der Waals surface area contributed by atoms with Crippen molar-refractivity contribution in [2.24, 2.45) is 5.73 Å². The summed E-state index contributed by atoms with van der Waals surface area (Å²) in [7, 11) is 0. The normalized spacial score (nSPS) is 15.4. The summed E-state index contributed by atoms with van der Waals surface area (Å²) in [6.07, 6.45) is 8.22. The molecule has 2 aromatic heterocycles. The number of carbonyl (C=O) groups excluding carboxylic acids is 3. The Morgan fingerprint density at radius 3 is 2.61 bits per heavy atom. The number of hydrogen-bond acceptors (Lipinski definition) is 6. The van der Waals surface area contributed by atoms with Crippen molar-refractivity contribution in [3.05, 3.63) is 37.4 Å². The second kappa shape index (κ2) is 8.05. The van der Waals surface area contributed by atoms with Crippen LogP contribution in [-0.2, 0) is 35.2 Å². The first-order valence-electron chi connectivity index (χ1n) is 9.56. The fraction of sp³-hybridized carbons (Fsp3) is 0.450. The largest absolute Gasteiger partial charge is 0.451 e. The molecule has 148 valence electrons. The fourth-order valence-electron chi connectivity index (χ4n) is 3.89. The molecule has 0 spiro atoms. The van der Waals surface area contributed by atoms with Gasteiger partial charge in [0.2, 0.25) is 0 Å². The van der Waals surface area contributed by atoms with Crippen LogP contribution < -0.4 is 11.1 Å². The lowest BCUT2D eigenvalue weighted by atomic mass is 10.1. The highest BCUT2D eigenvalue weighted by Crippen LogP contribution is 2.38. The Balaban J connectivity index is 1.37. The summed E-state index contributed by atoms with van der Waals surface area (Å²) in [4.78, 5) is 39.3. The van der Waals surface area contributed by atoms with Crippen LogP contribution >= 0.6 is 22.7 Å². The summed E-state index contributed by atoms with van der Waals surface area (Å²) in [6, 6.07) is 1.90. The van der Waals surface area contributed by atoms with Crippen molar-refractivity contribution in [3.8, 4) is 0 Å². The number of nitrogens with two attached hydrogens (primary N) is 1. The summed E-state index contributed by atoms with van der Waals surface area (Å²) in [5.41, 5.74) is 8.08. The third kappa shape index (κ3) is 3.84. The number of anilines is 1. The van der Waals surface area contributed by atoms with Gasteiger partial charge < -0.3 is 15.8 Å². The van der Waals surface area contributed by atoms with E-state index in [2.05, 4.69) is 5.32 Å². The van der Waals surface area contributed by atoms with Gasteiger partial charge in [-0.05, 0) is 62.1 Å². The fourth-order valence-corrected chi connectivity index (χ4v) is 6.34. The molecule has 0 saturated heterocycles. The molecule has 0 unspecified atom stereocenters. The maximum Gasteiger partial charge on any atom is 0.348 e. The van der Waals surface area contributed by atoms with Gasteiger partial charge in [0.05, 0.1) is 5.56 Å².